The summed E-state index contributed by atoms with van der Waals surface area (Å²) in [5, 5.41) is 7.91. The van der Waals surface area contributed by atoms with Crippen molar-refractivity contribution >= 4 is 5.91 Å². The largest absolute Gasteiger partial charge is 0.339 e. The van der Waals surface area contributed by atoms with Crippen LogP contribution in [0.5, 0.6) is 0 Å². The number of likely N-dealkylation sites (tertiary alicyclic amines) is 1. The highest BCUT2D eigenvalue weighted by atomic mass is 16.2. The second-order valence-corrected chi connectivity index (χ2v) is 6.89. The summed E-state index contributed by atoms with van der Waals surface area (Å²) in [6.07, 6.45) is 7.51. The Balaban J connectivity index is 1.45. The molecule has 6 heteroatoms. The van der Waals surface area contributed by atoms with E-state index in [1.165, 1.54) is 25.7 Å². The molecule has 1 aliphatic heterocycles. The first-order valence-electron chi connectivity index (χ1n) is 8.46. The molecule has 0 bridgehead atoms. The van der Waals surface area contributed by atoms with Gasteiger partial charge >= 0.3 is 0 Å². The van der Waals surface area contributed by atoms with Crippen molar-refractivity contribution in [3.63, 3.8) is 0 Å². The Bertz CT molecular complexity index is 508. The van der Waals surface area contributed by atoms with Crippen molar-refractivity contribution in [2.45, 2.75) is 51.6 Å². The highest BCUT2D eigenvalue weighted by molar-refractivity contribution is 5.79. The van der Waals surface area contributed by atoms with Crippen molar-refractivity contribution in [1.82, 2.24) is 24.6 Å². The second kappa shape index (κ2) is 6.77. The van der Waals surface area contributed by atoms with Gasteiger partial charge in [0.25, 0.3) is 0 Å². The topological polar surface area (TPSA) is 54.3 Å². The van der Waals surface area contributed by atoms with Crippen molar-refractivity contribution in [2.24, 2.45) is 5.92 Å². The van der Waals surface area contributed by atoms with Crippen molar-refractivity contribution in [3.05, 3.63) is 12.2 Å². The lowest BCUT2D eigenvalue weighted by atomic mass is 10.1. The quantitative estimate of drug-likeness (QED) is 0.795. The molecule has 22 heavy (non-hydrogen) atoms. The van der Waals surface area contributed by atoms with Gasteiger partial charge in [-0.25, -0.2) is 0 Å². The molecule has 1 atom stereocenters. The lowest BCUT2D eigenvalue weighted by Crippen LogP contribution is -2.35. The molecule has 122 valence electrons. The molecule has 2 heterocycles. The van der Waals surface area contributed by atoms with E-state index in [0.717, 1.165) is 38.4 Å². The minimum absolute atomic E-state index is 0.375. The predicted molar refractivity (Wildman–Crippen MR) is 84.3 cm³/mol. The molecule has 3 rings (SSSR count). The third-order valence-corrected chi connectivity index (χ3v) is 5.11. The molecule has 1 unspecified atom stereocenters. The molecular formula is C16H27N5O. The summed E-state index contributed by atoms with van der Waals surface area (Å²) in [6.45, 7) is 5.80. The van der Waals surface area contributed by atoms with Crippen molar-refractivity contribution < 1.29 is 4.79 Å². The fourth-order valence-electron chi connectivity index (χ4n) is 3.84. The third-order valence-electron chi connectivity index (χ3n) is 5.11. The van der Waals surface area contributed by atoms with E-state index in [-0.39, 0.29) is 0 Å². The zero-order valence-corrected chi connectivity index (χ0v) is 13.7. The third kappa shape index (κ3) is 3.48. The van der Waals surface area contributed by atoms with E-state index in [4.69, 9.17) is 0 Å². The standard InChI is InChI=1S/C16H27N5O/c1-13-18-17-12-20(13)8-7-19(2)10-14-9-16(22)21(11-14)15-5-3-4-6-15/h12,14-15H,3-11H2,1-2H3. The van der Waals surface area contributed by atoms with E-state index < -0.39 is 0 Å². The normalized spacial score (nSPS) is 23.1. The van der Waals surface area contributed by atoms with Gasteiger partial charge < -0.3 is 14.4 Å². The number of nitrogens with zero attached hydrogens (tertiary/aromatic N) is 5. The number of hydrogen-bond donors (Lipinski definition) is 0. The van der Waals surface area contributed by atoms with Gasteiger partial charge in [-0.3, -0.25) is 4.79 Å². The van der Waals surface area contributed by atoms with E-state index in [1.807, 2.05) is 6.92 Å². The summed E-state index contributed by atoms with van der Waals surface area (Å²) in [4.78, 5) is 16.7. The first-order valence-corrected chi connectivity index (χ1v) is 8.46. The number of likely N-dealkylation sites (N-methyl/N-ethyl adjacent to an activating group) is 1. The van der Waals surface area contributed by atoms with Crippen LogP contribution >= 0.6 is 0 Å². The number of carbonyl (C=O) groups excluding carboxylic acids is 1. The van der Waals surface area contributed by atoms with Gasteiger partial charge in [0.15, 0.2) is 0 Å². The van der Waals surface area contributed by atoms with Gasteiger partial charge in [-0.1, -0.05) is 12.8 Å². The van der Waals surface area contributed by atoms with Crippen LogP contribution in [0.15, 0.2) is 6.33 Å². The maximum absolute atomic E-state index is 12.2. The number of amides is 1. The summed E-state index contributed by atoms with van der Waals surface area (Å²) >= 11 is 0. The summed E-state index contributed by atoms with van der Waals surface area (Å²) in [5.74, 6) is 1.82. The minimum atomic E-state index is 0.375. The molecule has 1 amide bonds. The van der Waals surface area contributed by atoms with Gasteiger partial charge in [-0.2, -0.15) is 0 Å². The maximum atomic E-state index is 12.2. The number of aromatic nitrogens is 3. The minimum Gasteiger partial charge on any atom is -0.339 e. The summed E-state index contributed by atoms with van der Waals surface area (Å²) < 4.78 is 2.07. The smallest absolute Gasteiger partial charge is 0.223 e. The van der Waals surface area contributed by atoms with Crippen LogP contribution in [0.1, 0.15) is 37.9 Å². The number of aryl methyl sites for hydroxylation is 1. The Morgan fingerprint density at radius 1 is 1.36 bits per heavy atom. The van der Waals surface area contributed by atoms with E-state index in [0.29, 0.717) is 17.9 Å². The summed E-state index contributed by atoms with van der Waals surface area (Å²) in [6, 6.07) is 0.530. The molecule has 1 aromatic rings. The van der Waals surface area contributed by atoms with Gasteiger partial charge in [-0.15, -0.1) is 10.2 Å². The van der Waals surface area contributed by atoms with Crippen LogP contribution in [0.3, 0.4) is 0 Å². The van der Waals surface area contributed by atoms with Crippen LogP contribution in [0.4, 0.5) is 0 Å². The fraction of sp³-hybridized carbons (Fsp3) is 0.812. The first-order chi connectivity index (χ1) is 10.6. The summed E-state index contributed by atoms with van der Waals surface area (Å²) in [7, 11) is 2.14. The van der Waals surface area contributed by atoms with Crippen LogP contribution in [-0.2, 0) is 11.3 Å². The maximum Gasteiger partial charge on any atom is 0.223 e. The van der Waals surface area contributed by atoms with Crippen LogP contribution in [0.25, 0.3) is 0 Å². The predicted octanol–water partition coefficient (Wildman–Crippen LogP) is 1.31. The van der Waals surface area contributed by atoms with Gasteiger partial charge in [-0.05, 0) is 32.7 Å². The van der Waals surface area contributed by atoms with Crippen molar-refractivity contribution in [3.8, 4) is 0 Å². The summed E-state index contributed by atoms with van der Waals surface area (Å²) in [5.41, 5.74) is 0. The molecule has 2 fully saturated rings. The first kappa shape index (κ1) is 15.5. The highest BCUT2D eigenvalue weighted by Gasteiger charge is 2.35. The molecule has 0 radical (unpaired) electrons. The number of carbonyl (C=O) groups is 1. The molecule has 1 aromatic heterocycles. The Hall–Kier alpha value is -1.43. The molecule has 1 aliphatic carbocycles. The second-order valence-electron chi connectivity index (χ2n) is 6.89. The zero-order chi connectivity index (χ0) is 15.5. The molecule has 1 saturated heterocycles. The van der Waals surface area contributed by atoms with Crippen LogP contribution in [-0.4, -0.2) is 63.2 Å². The Labute approximate surface area is 132 Å². The van der Waals surface area contributed by atoms with E-state index in [2.05, 4.69) is 31.6 Å². The molecule has 0 aromatic carbocycles. The van der Waals surface area contributed by atoms with Crippen molar-refractivity contribution in [1.29, 1.82) is 0 Å². The Morgan fingerprint density at radius 3 is 2.82 bits per heavy atom. The molecule has 1 saturated carbocycles. The lowest BCUT2D eigenvalue weighted by Gasteiger charge is -2.25. The van der Waals surface area contributed by atoms with E-state index in [9.17, 15) is 4.79 Å². The van der Waals surface area contributed by atoms with Crippen LogP contribution < -0.4 is 0 Å². The molecule has 2 aliphatic rings. The van der Waals surface area contributed by atoms with Crippen LogP contribution in [0.2, 0.25) is 0 Å². The average Bonchev–Trinajstić information content (AvgIpc) is 3.18. The van der Waals surface area contributed by atoms with Gasteiger partial charge in [0.2, 0.25) is 5.91 Å². The Morgan fingerprint density at radius 2 is 2.14 bits per heavy atom. The Kier molecular flexibility index (Phi) is 4.76. The van der Waals surface area contributed by atoms with Gasteiger partial charge in [0.05, 0.1) is 0 Å². The zero-order valence-electron chi connectivity index (χ0n) is 13.7. The van der Waals surface area contributed by atoms with Crippen molar-refractivity contribution in [2.75, 3.05) is 26.7 Å². The monoisotopic (exact) mass is 305 g/mol. The van der Waals surface area contributed by atoms with Gasteiger partial charge in [0.1, 0.15) is 12.2 Å². The van der Waals surface area contributed by atoms with E-state index >= 15 is 0 Å². The van der Waals surface area contributed by atoms with E-state index in [1.54, 1.807) is 6.33 Å². The number of hydrogen-bond acceptors (Lipinski definition) is 4. The molecular weight excluding hydrogens is 278 g/mol. The SMILES string of the molecule is Cc1nncn1CCN(C)CC1CC(=O)N(C2CCCC2)C1. The number of rotatable bonds is 6. The molecule has 0 N–H and O–H groups in total. The molecule has 6 nitrogen and oxygen atoms in total. The lowest BCUT2D eigenvalue weighted by molar-refractivity contribution is -0.129. The fourth-order valence-corrected chi connectivity index (χ4v) is 3.84. The molecule has 0 spiro atoms. The highest BCUT2D eigenvalue weighted by Crippen LogP contribution is 2.29. The average molecular weight is 305 g/mol. The van der Waals surface area contributed by atoms with Gasteiger partial charge in [0, 0.05) is 38.6 Å². The van der Waals surface area contributed by atoms with Crippen LogP contribution in [0, 0.1) is 12.8 Å².